The number of hydrogen-bond acceptors (Lipinski definition) is 5. The molecule has 5 nitrogen and oxygen atoms in total. The molecule has 108 valence electrons. The molecule has 1 unspecified atom stereocenters. The van der Waals surface area contributed by atoms with Crippen molar-refractivity contribution in [3.63, 3.8) is 0 Å². The van der Waals surface area contributed by atoms with Crippen molar-refractivity contribution in [3.8, 4) is 0 Å². The normalized spacial score (nSPS) is 27.6. The molecule has 2 fully saturated rings. The lowest BCUT2D eigenvalue weighted by molar-refractivity contribution is 0.330. The fourth-order valence-corrected chi connectivity index (χ4v) is 4.60. The molecule has 2 aliphatic rings. The van der Waals surface area contributed by atoms with Crippen LogP contribution in [-0.2, 0) is 5.41 Å². The van der Waals surface area contributed by atoms with Crippen LogP contribution >= 0.6 is 11.3 Å². The van der Waals surface area contributed by atoms with Crippen LogP contribution in [0.4, 0.5) is 0 Å². The number of aromatic nitrogens is 4. The highest BCUT2D eigenvalue weighted by Gasteiger charge is 2.42. The second kappa shape index (κ2) is 4.49. The lowest BCUT2D eigenvalue weighted by atomic mass is 9.77. The van der Waals surface area contributed by atoms with Gasteiger partial charge >= 0.3 is 0 Å². The molecule has 3 heterocycles. The van der Waals surface area contributed by atoms with Crippen LogP contribution in [0.25, 0.3) is 4.96 Å². The second-order valence-corrected chi connectivity index (χ2v) is 7.48. The van der Waals surface area contributed by atoms with Gasteiger partial charge in [0.05, 0.1) is 0 Å². The zero-order valence-corrected chi connectivity index (χ0v) is 12.9. The van der Waals surface area contributed by atoms with Gasteiger partial charge in [0.15, 0.2) is 5.82 Å². The third kappa shape index (κ3) is 1.67. The highest BCUT2D eigenvalue weighted by Crippen LogP contribution is 2.41. The summed E-state index contributed by atoms with van der Waals surface area (Å²) in [6.45, 7) is 6.74. The van der Waals surface area contributed by atoms with E-state index in [0.717, 1.165) is 23.9 Å². The summed E-state index contributed by atoms with van der Waals surface area (Å²) in [4.78, 5) is 0.967. The minimum Gasteiger partial charge on any atom is -0.316 e. The van der Waals surface area contributed by atoms with E-state index in [1.54, 1.807) is 11.3 Å². The van der Waals surface area contributed by atoms with Crippen LogP contribution in [-0.4, -0.2) is 32.9 Å². The van der Waals surface area contributed by atoms with Crippen molar-refractivity contribution in [1.29, 1.82) is 0 Å². The maximum Gasteiger partial charge on any atom is 0.234 e. The van der Waals surface area contributed by atoms with Gasteiger partial charge in [0.2, 0.25) is 4.96 Å². The molecule has 1 aliphatic carbocycles. The standard InChI is InChI=1S/C14H21N5S/c1-9(2)14(6-7-15-8-14)12-18-19-11(10-4-3-5-10)16-17-13(19)20-12/h9-10,15H,3-8H2,1-2H3. The topological polar surface area (TPSA) is 55.1 Å². The van der Waals surface area contributed by atoms with Crippen molar-refractivity contribution in [1.82, 2.24) is 25.1 Å². The summed E-state index contributed by atoms with van der Waals surface area (Å²) in [6, 6.07) is 0. The first kappa shape index (κ1) is 12.7. The predicted octanol–water partition coefficient (Wildman–Crippen LogP) is 2.34. The minimum atomic E-state index is 0.183. The molecule has 2 aromatic rings. The van der Waals surface area contributed by atoms with E-state index in [-0.39, 0.29) is 5.41 Å². The Morgan fingerprint density at radius 2 is 2.20 bits per heavy atom. The van der Waals surface area contributed by atoms with Crippen molar-refractivity contribution >= 4 is 16.3 Å². The van der Waals surface area contributed by atoms with Gasteiger partial charge in [0, 0.05) is 17.9 Å². The van der Waals surface area contributed by atoms with E-state index in [4.69, 9.17) is 5.10 Å². The number of rotatable bonds is 3. The van der Waals surface area contributed by atoms with E-state index in [9.17, 15) is 0 Å². The van der Waals surface area contributed by atoms with E-state index >= 15 is 0 Å². The third-order valence-electron chi connectivity index (χ3n) is 5.20. The molecule has 1 saturated carbocycles. The zero-order chi connectivity index (χ0) is 13.7. The first-order valence-electron chi connectivity index (χ1n) is 7.64. The highest BCUT2D eigenvalue weighted by atomic mass is 32.1. The van der Waals surface area contributed by atoms with E-state index in [1.807, 2.05) is 4.52 Å². The summed E-state index contributed by atoms with van der Waals surface area (Å²) in [5.41, 5.74) is 0.183. The van der Waals surface area contributed by atoms with Gasteiger partial charge in [0.1, 0.15) is 5.01 Å². The SMILES string of the molecule is CC(C)C1(c2nn3c(C4CCC4)nnc3s2)CCNC1. The Morgan fingerprint density at radius 3 is 2.80 bits per heavy atom. The Balaban J connectivity index is 1.78. The van der Waals surface area contributed by atoms with E-state index in [1.165, 1.54) is 30.7 Å². The quantitative estimate of drug-likeness (QED) is 0.943. The van der Waals surface area contributed by atoms with Crippen LogP contribution in [0.3, 0.4) is 0 Å². The van der Waals surface area contributed by atoms with Gasteiger partial charge in [-0.1, -0.05) is 31.6 Å². The second-order valence-electron chi connectivity index (χ2n) is 6.53. The molecule has 1 atom stereocenters. The van der Waals surface area contributed by atoms with Gasteiger partial charge in [-0.15, -0.1) is 10.2 Å². The summed E-state index contributed by atoms with van der Waals surface area (Å²) >= 11 is 1.73. The first-order chi connectivity index (χ1) is 9.71. The molecule has 20 heavy (non-hydrogen) atoms. The fraction of sp³-hybridized carbons (Fsp3) is 0.786. The lowest BCUT2D eigenvalue weighted by Crippen LogP contribution is -2.34. The van der Waals surface area contributed by atoms with Gasteiger partial charge in [-0.2, -0.15) is 9.61 Å². The predicted molar refractivity (Wildman–Crippen MR) is 79.3 cm³/mol. The Kier molecular flexibility index (Phi) is 2.86. The molecule has 1 aliphatic heterocycles. The van der Waals surface area contributed by atoms with Crippen LogP contribution in [0.2, 0.25) is 0 Å². The summed E-state index contributed by atoms with van der Waals surface area (Å²) in [7, 11) is 0. The van der Waals surface area contributed by atoms with Gasteiger partial charge < -0.3 is 5.32 Å². The molecule has 1 saturated heterocycles. The number of fused-ring (bicyclic) bond motifs is 1. The average molecular weight is 291 g/mol. The third-order valence-corrected chi connectivity index (χ3v) is 6.32. The largest absolute Gasteiger partial charge is 0.316 e. The Hall–Kier alpha value is -1.01. The molecule has 0 amide bonds. The molecular weight excluding hydrogens is 270 g/mol. The van der Waals surface area contributed by atoms with Gasteiger partial charge in [-0.3, -0.25) is 0 Å². The van der Waals surface area contributed by atoms with E-state index in [2.05, 4.69) is 29.4 Å². The smallest absolute Gasteiger partial charge is 0.234 e. The number of nitrogens with zero attached hydrogens (tertiary/aromatic N) is 4. The summed E-state index contributed by atoms with van der Waals surface area (Å²) in [6.07, 6.45) is 4.97. The molecule has 6 heteroatoms. The van der Waals surface area contributed by atoms with E-state index in [0.29, 0.717) is 11.8 Å². The van der Waals surface area contributed by atoms with Crippen molar-refractivity contribution < 1.29 is 0 Å². The Morgan fingerprint density at radius 1 is 1.35 bits per heavy atom. The molecule has 4 rings (SSSR count). The van der Waals surface area contributed by atoms with Crippen LogP contribution in [0.5, 0.6) is 0 Å². The highest BCUT2D eigenvalue weighted by molar-refractivity contribution is 7.16. The summed E-state index contributed by atoms with van der Waals surface area (Å²) in [5, 5.41) is 18.4. The van der Waals surface area contributed by atoms with Crippen molar-refractivity contribution in [2.75, 3.05) is 13.1 Å². The minimum absolute atomic E-state index is 0.183. The van der Waals surface area contributed by atoms with Crippen LogP contribution in [0.15, 0.2) is 0 Å². The van der Waals surface area contributed by atoms with Crippen LogP contribution < -0.4 is 5.32 Å². The molecular formula is C14H21N5S. The monoisotopic (exact) mass is 291 g/mol. The number of hydrogen-bond donors (Lipinski definition) is 1. The number of nitrogens with one attached hydrogen (secondary N) is 1. The average Bonchev–Trinajstić information content (AvgIpc) is 3.01. The molecule has 1 N–H and O–H groups in total. The molecule has 0 bridgehead atoms. The summed E-state index contributed by atoms with van der Waals surface area (Å²) in [5.74, 6) is 2.25. The fourth-order valence-electron chi connectivity index (χ4n) is 3.39. The van der Waals surface area contributed by atoms with Gasteiger partial charge in [0.25, 0.3) is 0 Å². The van der Waals surface area contributed by atoms with E-state index < -0.39 is 0 Å². The Labute approximate surface area is 122 Å². The van der Waals surface area contributed by atoms with Crippen molar-refractivity contribution in [2.45, 2.75) is 50.9 Å². The maximum absolute atomic E-state index is 4.92. The van der Waals surface area contributed by atoms with Crippen molar-refractivity contribution in [2.24, 2.45) is 5.92 Å². The van der Waals surface area contributed by atoms with Gasteiger partial charge in [-0.25, -0.2) is 0 Å². The Bertz CT molecular complexity index is 619. The molecule has 0 aromatic carbocycles. The summed E-state index contributed by atoms with van der Waals surface area (Å²) < 4.78 is 2.02. The van der Waals surface area contributed by atoms with Crippen molar-refractivity contribution in [3.05, 3.63) is 10.8 Å². The molecule has 0 radical (unpaired) electrons. The molecule has 2 aromatic heterocycles. The molecule has 0 spiro atoms. The van der Waals surface area contributed by atoms with Gasteiger partial charge in [-0.05, 0) is 31.7 Å². The van der Waals surface area contributed by atoms with Crippen LogP contribution in [0.1, 0.15) is 56.3 Å². The zero-order valence-electron chi connectivity index (χ0n) is 12.1. The van der Waals surface area contributed by atoms with Crippen LogP contribution in [0, 0.1) is 5.92 Å². The maximum atomic E-state index is 4.92. The first-order valence-corrected chi connectivity index (χ1v) is 8.46. The lowest BCUT2D eigenvalue weighted by Gasteiger charge is -2.29.